The van der Waals surface area contributed by atoms with Gasteiger partial charge in [0.25, 0.3) is 0 Å². The molecule has 3 aliphatic rings. The molecular weight excluding hydrogens is 461 g/mol. The highest BCUT2D eigenvalue weighted by atomic mass is 127. The largest absolute Gasteiger partial charge is 0.376 e. The number of nitrogens with one attached hydrogen (secondary N) is 1. The number of rotatable bonds is 9. The molecule has 0 bridgehead atoms. The van der Waals surface area contributed by atoms with Crippen molar-refractivity contribution in [3.63, 3.8) is 0 Å². The van der Waals surface area contributed by atoms with Crippen LogP contribution in [0.25, 0.3) is 0 Å². The van der Waals surface area contributed by atoms with Crippen LogP contribution in [0.2, 0.25) is 0 Å². The Bertz CT molecular complexity index is 604. The molecule has 0 amide bonds. The number of likely N-dealkylation sites (tertiary alicyclic amines) is 1. The monoisotopic (exact) mass is 497 g/mol. The molecule has 4 nitrogen and oxygen atoms in total. The van der Waals surface area contributed by atoms with Gasteiger partial charge >= 0.3 is 0 Å². The summed E-state index contributed by atoms with van der Waals surface area (Å²) in [5.74, 6) is 4.55. The van der Waals surface area contributed by atoms with Crippen molar-refractivity contribution >= 4 is 29.9 Å². The number of ether oxygens (including phenoxy) is 1. The first-order chi connectivity index (χ1) is 13.3. The Morgan fingerprint density at radius 1 is 1.14 bits per heavy atom. The van der Waals surface area contributed by atoms with Gasteiger partial charge in [0.05, 0.1) is 13.2 Å². The Labute approximate surface area is 187 Å². The van der Waals surface area contributed by atoms with E-state index in [9.17, 15) is 0 Å². The van der Waals surface area contributed by atoms with E-state index < -0.39 is 0 Å². The summed E-state index contributed by atoms with van der Waals surface area (Å²) in [4.78, 5) is 7.53. The molecule has 1 unspecified atom stereocenters. The van der Waals surface area contributed by atoms with E-state index in [2.05, 4.69) is 47.5 Å². The lowest BCUT2D eigenvalue weighted by Crippen LogP contribution is -2.40. The molecule has 1 aromatic carbocycles. The third kappa shape index (κ3) is 6.34. The Kier molecular flexibility index (Phi) is 8.45. The predicted molar refractivity (Wildman–Crippen MR) is 126 cm³/mol. The van der Waals surface area contributed by atoms with Crippen LogP contribution in [0, 0.1) is 23.7 Å². The van der Waals surface area contributed by atoms with Gasteiger partial charge in [0.1, 0.15) is 0 Å². The summed E-state index contributed by atoms with van der Waals surface area (Å²) in [6.07, 6.45) is 6.97. The summed E-state index contributed by atoms with van der Waals surface area (Å²) in [6, 6.07) is 10.5. The zero-order valence-electron chi connectivity index (χ0n) is 17.2. The van der Waals surface area contributed by atoms with Crippen molar-refractivity contribution in [2.24, 2.45) is 28.7 Å². The molecule has 1 aromatic rings. The van der Waals surface area contributed by atoms with Gasteiger partial charge in [0, 0.05) is 32.1 Å². The fourth-order valence-corrected chi connectivity index (χ4v) is 4.43. The van der Waals surface area contributed by atoms with Crippen LogP contribution in [0.1, 0.15) is 44.6 Å². The van der Waals surface area contributed by atoms with Gasteiger partial charge in [-0.05, 0) is 62.3 Å². The van der Waals surface area contributed by atoms with Crippen molar-refractivity contribution in [1.29, 1.82) is 0 Å². The molecule has 2 saturated carbocycles. The topological polar surface area (TPSA) is 36.9 Å². The van der Waals surface area contributed by atoms with Crippen LogP contribution in [0.3, 0.4) is 0 Å². The van der Waals surface area contributed by atoms with E-state index in [0.29, 0.717) is 5.92 Å². The van der Waals surface area contributed by atoms with Gasteiger partial charge in [-0.25, -0.2) is 0 Å². The molecule has 1 atom stereocenters. The third-order valence-corrected chi connectivity index (χ3v) is 6.29. The van der Waals surface area contributed by atoms with Gasteiger partial charge in [-0.15, -0.1) is 24.0 Å². The van der Waals surface area contributed by atoms with Crippen LogP contribution in [-0.4, -0.2) is 43.6 Å². The normalized spacial score (nSPS) is 22.4. The minimum absolute atomic E-state index is 0. The smallest absolute Gasteiger partial charge is 0.193 e. The van der Waals surface area contributed by atoms with Crippen LogP contribution >= 0.6 is 24.0 Å². The first kappa shape index (κ1) is 21.9. The Balaban J connectivity index is 0.00000225. The number of nitrogens with zero attached hydrogens (tertiary/aromatic N) is 2. The van der Waals surface area contributed by atoms with Crippen molar-refractivity contribution in [1.82, 2.24) is 10.2 Å². The second-order valence-corrected chi connectivity index (χ2v) is 8.63. The fraction of sp³-hybridized carbons (Fsp3) is 0.696. The predicted octanol–water partition coefficient (Wildman–Crippen LogP) is 4.54. The number of aliphatic imine (C=N–C) groups is 1. The number of hydrogen-bond acceptors (Lipinski definition) is 2. The molecule has 1 aliphatic heterocycles. The first-order valence-corrected chi connectivity index (χ1v) is 11.0. The van der Waals surface area contributed by atoms with E-state index in [0.717, 1.165) is 63.1 Å². The van der Waals surface area contributed by atoms with Gasteiger partial charge in [0.15, 0.2) is 5.96 Å². The van der Waals surface area contributed by atoms with Crippen LogP contribution in [0.5, 0.6) is 0 Å². The van der Waals surface area contributed by atoms with Gasteiger partial charge in [-0.2, -0.15) is 0 Å². The zero-order chi connectivity index (χ0) is 18.5. The van der Waals surface area contributed by atoms with E-state index in [1.165, 1.54) is 37.7 Å². The van der Waals surface area contributed by atoms with Crippen LogP contribution < -0.4 is 5.32 Å². The van der Waals surface area contributed by atoms with Crippen LogP contribution in [0.4, 0.5) is 0 Å². The summed E-state index contributed by atoms with van der Waals surface area (Å²) in [5, 5.41) is 3.54. The maximum absolute atomic E-state index is 5.98. The quantitative estimate of drug-likeness (QED) is 0.309. The summed E-state index contributed by atoms with van der Waals surface area (Å²) < 4.78 is 5.98. The SMILES string of the molecule is CCNC(=NCC(C1CC1)C1CC1)N1CCC(COCc2ccccc2)C1.I. The molecular formula is C23H36IN3O. The molecule has 4 rings (SSSR count). The number of benzene rings is 1. The van der Waals surface area contributed by atoms with E-state index in [1.54, 1.807) is 0 Å². The van der Waals surface area contributed by atoms with E-state index >= 15 is 0 Å². The number of guanidine groups is 1. The summed E-state index contributed by atoms with van der Waals surface area (Å²) in [7, 11) is 0. The van der Waals surface area contributed by atoms with Crippen molar-refractivity contribution in [3.05, 3.63) is 35.9 Å². The van der Waals surface area contributed by atoms with Crippen LogP contribution in [-0.2, 0) is 11.3 Å². The van der Waals surface area contributed by atoms with Crippen molar-refractivity contribution in [2.45, 2.75) is 45.6 Å². The summed E-state index contributed by atoms with van der Waals surface area (Å²) in [6.45, 7) is 7.88. The molecule has 1 saturated heterocycles. The Hall–Kier alpha value is -0.820. The lowest BCUT2D eigenvalue weighted by molar-refractivity contribution is 0.0906. The maximum atomic E-state index is 5.98. The molecule has 5 heteroatoms. The standard InChI is InChI=1S/C23H35N3O.HI/c1-2-24-23(25-14-22(20-8-9-20)21-10-11-21)26-13-12-19(15-26)17-27-16-18-6-4-3-5-7-18;/h3-7,19-22H,2,8-17H2,1H3,(H,24,25);1H. The second-order valence-electron chi connectivity index (χ2n) is 8.63. The summed E-state index contributed by atoms with van der Waals surface area (Å²) in [5.41, 5.74) is 1.26. The highest BCUT2D eigenvalue weighted by Crippen LogP contribution is 2.49. The third-order valence-electron chi connectivity index (χ3n) is 6.29. The lowest BCUT2D eigenvalue weighted by Gasteiger charge is -2.23. The van der Waals surface area contributed by atoms with Gasteiger partial charge in [-0.3, -0.25) is 4.99 Å². The minimum Gasteiger partial charge on any atom is -0.376 e. The average molecular weight is 497 g/mol. The van der Waals surface area contributed by atoms with E-state index in [4.69, 9.17) is 9.73 Å². The zero-order valence-corrected chi connectivity index (χ0v) is 19.5. The lowest BCUT2D eigenvalue weighted by atomic mass is 9.98. The highest BCUT2D eigenvalue weighted by molar-refractivity contribution is 14.0. The first-order valence-electron chi connectivity index (χ1n) is 11.0. The van der Waals surface area contributed by atoms with Crippen molar-refractivity contribution < 1.29 is 4.74 Å². The molecule has 3 fully saturated rings. The van der Waals surface area contributed by atoms with E-state index in [-0.39, 0.29) is 24.0 Å². The molecule has 1 N–H and O–H groups in total. The van der Waals surface area contributed by atoms with Gasteiger partial charge < -0.3 is 15.0 Å². The molecule has 0 spiro atoms. The fourth-order valence-electron chi connectivity index (χ4n) is 4.43. The second kappa shape index (κ2) is 10.8. The molecule has 2 aliphatic carbocycles. The molecule has 1 heterocycles. The number of hydrogen-bond donors (Lipinski definition) is 1. The summed E-state index contributed by atoms with van der Waals surface area (Å²) >= 11 is 0. The van der Waals surface area contributed by atoms with Gasteiger partial charge in [0.2, 0.25) is 0 Å². The van der Waals surface area contributed by atoms with Crippen molar-refractivity contribution in [3.8, 4) is 0 Å². The van der Waals surface area contributed by atoms with Crippen molar-refractivity contribution in [2.75, 3.05) is 32.8 Å². The molecule has 0 radical (unpaired) electrons. The van der Waals surface area contributed by atoms with Crippen LogP contribution in [0.15, 0.2) is 35.3 Å². The Morgan fingerprint density at radius 2 is 1.86 bits per heavy atom. The number of halogens is 1. The highest BCUT2D eigenvalue weighted by Gasteiger charge is 2.41. The molecule has 156 valence electrons. The molecule has 28 heavy (non-hydrogen) atoms. The maximum Gasteiger partial charge on any atom is 0.193 e. The average Bonchev–Trinajstić information content (AvgIpc) is 3.62. The Morgan fingerprint density at radius 3 is 2.50 bits per heavy atom. The van der Waals surface area contributed by atoms with Gasteiger partial charge in [-0.1, -0.05) is 30.3 Å². The molecule has 0 aromatic heterocycles. The van der Waals surface area contributed by atoms with E-state index in [1.807, 2.05) is 0 Å². The minimum atomic E-state index is 0.